The summed E-state index contributed by atoms with van der Waals surface area (Å²) in [7, 11) is 5.40. The van der Waals surface area contributed by atoms with Gasteiger partial charge in [0.15, 0.2) is 5.69 Å². The number of aryl methyl sites for hydroxylation is 1. The van der Waals surface area contributed by atoms with Gasteiger partial charge in [-0.15, -0.1) is 0 Å². The molecule has 2 aliphatic carbocycles. The van der Waals surface area contributed by atoms with Gasteiger partial charge >= 0.3 is 18.2 Å². The molecular weight excluding hydrogens is 582 g/mol. The number of aromatic carboxylic acids is 1. The van der Waals surface area contributed by atoms with Crippen LogP contribution in [0.1, 0.15) is 90.6 Å². The lowest BCUT2D eigenvalue weighted by Crippen LogP contribution is -2.43. The third kappa shape index (κ3) is 10.1. The quantitative estimate of drug-likeness (QED) is 0.407. The highest BCUT2D eigenvalue weighted by Crippen LogP contribution is 2.26. The van der Waals surface area contributed by atoms with E-state index in [2.05, 4.69) is 15.2 Å². The molecule has 0 saturated heterocycles. The molecular formula is C31H47N7O7. The van der Waals surface area contributed by atoms with Gasteiger partial charge in [-0.05, 0) is 80.1 Å². The second-order valence-electron chi connectivity index (χ2n) is 13.4. The van der Waals surface area contributed by atoms with Gasteiger partial charge in [0.05, 0.1) is 18.1 Å². The molecule has 2 aliphatic rings. The highest BCUT2D eigenvalue weighted by Gasteiger charge is 2.30. The number of rotatable bonds is 4. The van der Waals surface area contributed by atoms with Crippen molar-refractivity contribution in [3.63, 3.8) is 0 Å². The fourth-order valence-electron chi connectivity index (χ4n) is 4.33. The van der Waals surface area contributed by atoms with E-state index in [-0.39, 0.29) is 34.6 Å². The van der Waals surface area contributed by atoms with Crippen molar-refractivity contribution in [1.82, 2.24) is 34.2 Å². The van der Waals surface area contributed by atoms with E-state index in [4.69, 9.17) is 14.6 Å². The molecule has 3 heterocycles. The zero-order chi connectivity index (χ0) is 33.7. The van der Waals surface area contributed by atoms with Crippen LogP contribution in [0.4, 0.5) is 9.59 Å². The lowest BCUT2D eigenvalue weighted by Gasteiger charge is -2.35. The molecule has 2 saturated carbocycles. The summed E-state index contributed by atoms with van der Waals surface area (Å²) in [5.41, 5.74) is 0.0872. The third-order valence-electron chi connectivity index (χ3n) is 7.31. The van der Waals surface area contributed by atoms with Gasteiger partial charge in [0.1, 0.15) is 16.7 Å². The first-order valence-electron chi connectivity index (χ1n) is 15.1. The predicted octanol–water partition coefficient (Wildman–Crippen LogP) is 4.93. The number of carboxylic acid groups (broad SMARTS) is 1. The van der Waals surface area contributed by atoms with Gasteiger partial charge in [-0.25, -0.2) is 18.9 Å². The monoisotopic (exact) mass is 629 g/mol. The summed E-state index contributed by atoms with van der Waals surface area (Å²) < 4.78 is 13.3. The van der Waals surface area contributed by atoms with E-state index >= 15 is 0 Å². The van der Waals surface area contributed by atoms with E-state index in [0.717, 1.165) is 25.7 Å². The minimum Gasteiger partial charge on any atom is -0.476 e. The zero-order valence-electron chi connectivity index (χ0n) is 27.8. The van der Waals surface area contributed by atoms with Crippen molar-refractivity contribution in [1.29, 1.82) is 0 Å². The normalized spacial score (nSPS) is 15.0. The molecule has 0 radical (unpaired) electrons. The summed E-state index contributed by atoms with van der Waals surface area (Å²) in [5, 5.41) is 16.7. The summed E-state index contributed by atoms with van der Waals surface area (Å²) >= 11 is 0. The van der Waals surface area contributed by atoms with E-state index in [1.54, 1.807) is 40.1 Å². The number of fused-ring (bicyclic) bond motifs is 1. The van der Waals surface area contributed by atoms with Crippen molar-refractivity contribution < 1.29 is 29.0 Å². The van der Waals surface area contributed by atoms with E-state index in [1.165, 1.54) is 23.4 Å². The average molecular weight is 630 g/mol. The van der Waals surface area contributed by atoms with Gasteiger partial charge in [0.25, 0.3) is 5.56 Å². The Balaban J connectivity index is 0.000000190. The Morgan fingerprint density at radius 1 is 0.911 bits per heavy atom. The Labute approximate surface area is 263 Å². The summed E-state index contributed by atoms with van der Waals surface area (Å²) in [6.07, 6.45) is 11.4. The number of aromatic amines is 1. The Kier molecular flexibility index (Phi) is 11.1. The van der Waals surface area contributed by atoms with Gasteiger partial charge in [-0.3, -0.25) is 9.48 Å². The zero-order valence-corrected chi connectivity index (χ0v) is 27.8. The fraction of sp³-hybridized carbons (Fsp3) is 0.613. The minimum absolute atomic E-state index is 0.172. The molecule has 14 heteroatoms. The average Bonchev–Trinajstić information content (AvgIpc) is 3.47. The molecule has 0 atom stereocenters. The maximum Gasteiger partial charge on any atom is 0.410 e. The van der Waals surface area contributed by atoms with E-state index in [1.807, 2.05) is 55.6 Å². The number of carbonyl (C=O) groups is 3. The molecule has 2 fully saturated rings. The van der Waals surface area contributed by atoms with Crippen LogP contribution in [0.15, 0.2) is 29.5 Å². The molecule has 0 bridgehead atoms. The van der Waals surface area contributed by atoms with Crippen LogP contribution in [0.3, 0.4) is 0 Å². The van der Waals surface area contributed by atoms with Crippen molar-refractivity contribution in [3.8, 4) is 11.3 Å². The number of nitrogens with one attached hydrogen (secondary N) is 1. The van der Waals surface area contributed by atoms with Crippen molar-refractivity contribution in [2.75, 3.05) is 14.1 Å². The van der Waals surface area contributed by atoms with Gasteiger partial charge in [0.2, 0.25) is 0 Å². The van der Waals surface area contributed by atoms with Crippen molar-refractivity contribution in [3.05, 3.63) is 40.7 Å². The molecule has 0 spiro atoms. The van der Waals surface area contributed by atoms with Crippen LogP contribution in [0.2, 0.25) is 0 Å². The summed E-state index contributed by atoms with van der Waals surface area (Å²) in [6, 6.07) is 2.05. The Morgan fingerprint density at radius 2 is 1.40 bits per heavy atom. The topological polar surface area (TPSA) is 164 Å². The van der Waals surface area contributed by atoms with Crippen LogP contribution < -0.4 is 5.56 Å². The van der Waals surface area contributed by atoms with Crippen molar-refractivity contribution in [2.45, 2.75) is 103 Å². The summed E-state index contributed by atoms with van der Waals surface area (Å²) in [5.74, 6) is -1.17. The number of amides is 2. The highest BCUT2D eigenvalue weighted by molar-refractivity contribution is 5.87. The highest BCUT2D eigenvalue weighted by atomic mass is 16.6. The molecule has 0 aromatic carbocycles. The second-order valence-corrected chi connectivity index (χ2v) is 13.4. The number of aromatic nitrogens is 5. The van der Waals surface area contributed by atoms with Crippen LogP contribution in [0.5, 0.6) is 0 Å². The molecule has 3 aromatic heterocycles. The summed E-state index contributed by atoms with van der Waals surface area (Å²) in [4.78, 5) is 51.8. The number of nitrogens with zero attached hydrogens (tertiary/aromatic N) is 6. The van der Waals surface area contributed by atoms with Crippen LogP contribution in [-0.4, -0.2) is 94.8 Å². The van der Waals surface area contributed by atoms with Gasteiger partial charge < -0.3 is 29.4 Å². The first-order valence-corrected chi connectivity index (χ1v) is 15.1. The molecule has 2 amide bonds. The third-order valence-corrected chi connectivity index (χ3v) is 7.31. The molecule has 2 N–H and O–H groups in total. The molecule has 14 nitrogen and oxygen atoms in total. The smallest absolute Gasteiger partial charge is 0.410 e. The number of ether oxygens (including phenoxy) is 2. The van der Waals surface area contributed by atoms with Crippen LogP contribution in [0, 0.1) is 0 Å². The van der Waals surface area contributed by atoms with Crippen molar-refractivity contribution >= 4 is 23.7 Å². The molecule has 0 unspecified atom stereocenters. The van der Waals surface area contributed by atoms with Crippen molar-refractivity contribution in [2.24, 2.45) is 7.05 Å². The molecule has 3 aromatic rings. The van der Waals surface area contributed by atoms with Crippen LogP contribution in [0.25, 0.3) is 16.8 Å². The minimum atomic E-state index is -1.17. The Bertz CT molecular complexity index is 1490. The standard InChI is InChI=1S/C11H9N5O3.2C10H19NO2/c1-15-4-6(3-12-15)8-5-16-9(10(17)13-8)2-7(14-16)11(18)19;2*1-10(2,3)13-9(12)11(4)8-6-5-7-8/h2-5H,1H3,(H,13,17)(H,18,19);2*8H,5-7H2,1-4H3. The number of carbonyl (C=O) groups excluding carboxylic acids is 2. The van der Waals surface area contributed by atoms with E-state index in [0.29, 0.717) is 23.3 Å². The number of carboxylic acids is 1. The SMILES string of the molecule is CN(C(=O)OC(C)(C)C)C1CCC1.CN(C(=O)OC(C)(C)C)C1CCC1.Cn1cc(-c2cn3nc(C(=O)O)cc3c(=O)[nH]2)cn1. The number of H-pyrrole nitrogens is 1. The van der Waals surface area contributed by atoms with Crippen LogP contribution >= 0.6 is 0 Å². The fourth-order valence-corrected chi connectivity index (χ4v) is 4.33. The molecule has 0 aliphatic heterocycles. The summed E-state index contributed by atoms with van der Waals surface area (Å²) in [6.45, 7) is 11.3. The van der Waals surface area contributed by atoms with Gasteiger partial charge in [-0.1, -0.05) is 0 Å². The largest absolute Gasteiger partial charge is 0.476 e. The number of hydrogen-bond donors (Lipinski definition) is 2. The second kappa shape index (κ2) is 14.2. The van der Waals surface area contributed by atoms with E-state index < -0.39 is 11.5 Å². The Hall–Kier alpha value is -4.36. The molecule has 5 rings (SSSR count). The maximum atomic E-state index is 11.9. The number of hydrogen-bond acceptors (Lipinski definition) is 8. The van der Waals surface area contributed by atoms with Gasteiger partial charge in [-0.2, -0.15) is 10.2 Å². The lowest BCUT2D eigenvalue weighted by atomic mass is 9.92. The van der Waals surface area contributed by atoms with Gasteiger partial charge in [0, 0.05) is 51.1 Å². The van der Waals surface area contributed by atoms with Crippen LogP contribution in [-0.2, 0) is 16.5 Å². The Morgan fingerprint density at radius 3 is 1.76 bits per heavy atom. The first kappa shape index (κ1) is 35.1. The predicted molar refractivity (Wildman–Crippen MR) is 168 cm³/mol. The molecule has 248 valence electrons. The first-order chi connectivity index (χ1) is 20.8. The lowest BCUT2D eigenvalue weighted by molar-refractivity contribution is 0.0135. The maximum absolute atomic E-state index is 11.9. The molecule has 45 heavy (non-hydrogen) atoms. The van der Waals surface area contributed by atoms with E-state index in [9.17, 15) is 19.2 Å².